The van der Waals surface area contributed by atoms with E-state index in [1.165, 1.54) is 12.1 Å². The number of nitro benzene ring substituents is 1. The molecule has 0 atom stereocenters. The van der Waals surface area contributed by atoms with Gasteiger partial charge in [0.15, 0.2) is 0 Å². The minimum Gasteiger partial charge on any atom is -0.485 e. The Hall–Kier alpha value is -0.770. The van der Waals surface area contributed by atoms with Gasteiger partial charge in [0.1, 0.15) is 22.4 Å². The number of nitrogens with zero attached hydrogens (tertiary/aromatic N) is 3. The summed E-state index contributed by atoms with van der Waals surface area (Å²) < 4.78 is 10.6. The Morgan fingerprint density at radius 3 is 2.53 bits per heavy atom. The van der Waals surface area contributed by atoms with Crippen LogP contribution in [-0.4, -0.2) is 14.5 Å². The summed E-state index contributed by atoms with van der Waals surface area (Å²) >= 11 is 13.4. The van der Waals surface area contributed by atoms with E-state index in [0.29, 0.717) is 24.7 Å². The zero-order chi connectivity index (χ0) is 14.0. The van der Waals surface area contributed by atoms with Gasteiger partial charge in [0.2, 0.25) is 0 Å². The molecular weight excluding hydrogens is 425 g/mol. The SMILES string of the molecule is O=[N+]([O-])c1cc(Br)c(OCc2nnsc2Cl)c(Br)c1. The molecule has 2 aromatic rings. The number of hydrogen-bond donors (Lipinski definition) is 0. The van der Waals surface area contributed by atoms with E-state index < -0.39 is 4.92 Å². The minimum atomic E-state index is -0.486. The van der Waals surface area contributed by atoms with Crippen molar-refractivity contribution in [1.82, 2.24) is 9.59 Å². The smallest absolute Gasteiger partial charge is 0.271 e. The molecule has 0 aliphatic heterocycles. The molecule has 2 rings (SSSR count). The van der Waals surface area contributed by atoms with Crippen molar-refractivity contribution in [1.29, 1.82) is 0 Å². The first kappa shape index (κ1) is 14.6. The van der Waals surface area contributed by atoms with Crippen LogP contribution in [0.1, 0.15) is 5.69 Å². The van der Waals surface area contributed by atoms with E-state index in [9.17, 15) is 10.1 Å². The van der Waals surface area contributed by atoms with Crippen molar-refractivity contribution in [3.8, 4) is 5.75 Å². The van der Waals surface area contributed by atoms with Crippen LogP contribution in [0.4, 0.5) is 5.69 Å². The van der Waals surface area contributed by atoms with Gasteiger partial charge in [-0.3, -0.25) is 10.1 Å². The number of nitro groups is 1. The Morgan fingerprint density at radius 1 is 1.42 bits per heavy atom. The molecule has 10 heteroatoms. The zero-order valence-electron chi connectivity index (χ0n) is 8.97. The van der Waals surface area contributed by atoms with E-state index in [0.717, 1.165) is 11.5 Å². The maximum Gasteiger partial charge on any atom is 0.271 e. The van der Waals surface area contributed by atoms with Crippen molar-refractivity contribution >= 4 is 60.7 Å². The molecule has 0 aliphatic carbocycles. The monoisotopic (exact) mass is 427 g/mol. The standard InChI is InChI=1S/C9H4Br2ClN3O3S/c10-5-1-4(15(16)17)2-6(11)8(5)18-3-7-9(12)19-14-13-7/h1-2H,3H2. The summed E-state index contributed by atoms with van der Waals surface area (Å²) in [6.07, 6.45) is 0. The molecule has 0 saturated heterocycles. The second-order valence-electron chi connectivity index (χ2n) is 3.28. The van der Waals surface area contributed by atoms with E-state index in [4.69, 9.17) is 16.3 Å². The highest BCUT2D eigenvalue weighted by Gasteiger charge is 2.16. The van der Waals surface area contributed by atoms with Crippen molar-refractivity contribution in [3.05, 3.63) is 41.2 Å². The maximum absolute atomic E-state index is 10.7. The lowest BCUT2D eigenvalue weighted by atomic mass is 10.3. The van der Waals surface area contributed by atoms with Crippen LogP contribution in [0, 0.1) is 10.1 Å². The Bertz CT molecular complexity index is 614. The molecule has 19 heavy (non-hydrogen) atoms. The molecule has 0 unspecified atom stereocenters. The summed E-state index contributed by atoms with van der Waals surface area (Å²) in [5.74, 6) is 0.440. The van der Waals surface area contributed by atoms with Gasteiger partial charge in [-0.1, -0.05) is 16.1 Å². The number of rotatable bonds is 4. The molecule has 0 spiro atoms. The molecule has 0 saturated carbocycles. The second-order valence-corrected chi connectivity index (χ2v) is 6.34. The highest BCUT2D eigenvalue weighted by Crippen LogP contribution is 2.37. The van der Waals surface area contributed by atoms with Crippen LogP contribution in [0.25, 0.3) is 0 Å². The second kappa shape index (κ2) is 6.12. The summed E-state index contributed by atoms with van der Waals surface area (Å²) in [6, 6.07) is 2.72. The van der Waals surface area contributed by atoms with E-state index in [-0.39, 0.29) is 12.3 Å². The van der Waals surface area contributed by atoms with Crippen LogP contribution in [0.3, 0.4) is 0 Å². The Morgan fingerprint density at radius 2 is 2.05 bits per heavy atom. The normalized spacial score (nSPS) is 10.5. The lowest BCUT2D eigenvalue weighted by Crippen LogP contribution is -1.99. The zero-order valence-corrected chi connectivity index (χ0v) is 13.7. The van der Waals surface area contributed by atoms with Gasteiger partial charge in [-0.2, -0.15) is 0 Å². The van der Waals surface area contributed by atoms with Gasteiger partial charge in [0, 0.05) is 23.7 Å². The van der Waals surface area contributed by atoms with Gasteiger partial charge in [-0.15, -0.1) is 5.10 Å². The molecule has 1 heterocycles. The molecule has 100 valence electrons. The fraction of sp³-hybridized carbons (Fsp3) is 0.111. The topological polar surface area (TPSA) is 78.2 Å². The summed E-state index contributed by atoms with van der Waals surface area (Å²) in [7, 11) is 0. The average Bonchev–Trinajstić information content (AvgIpc) is 2.73. The summed E-state index contributed by atoms with van der Waals surface area (Å²) in [5, 5.41) is 14.5. The quantitative estimate of drug-likeness (QED) is 0.538. The number of benzene rings is 1. The highest BCUT2D eigenvalue weighted by molar-refractivity contribution is 9.11. The Kier molecular flexibility index (Phi) is 4.71. The number of aromatic nitrogens is 2. The van der Waals surface area contributed by atoms with Gasteiger partial charge in [-0.05, 0) is 31.9 Å². The van der Waals surface area contributed by atoms with E-state index in [1.54, 1.807) is 0 Å². The average molecular weight is 429 g/mol. The summed E-state index contributed by atoms with van der Waals surface area (Å²) in [4.78, 5) is 10.2. The van der Waals surface area contributed by atoms with Crippen LogP contribution >= 0.6 is 55.0 Å². The van der Waals surface area contributed by atoms with Crippen LogP contribution < -0.4 is 4.74 Å². The third-order valence-corrected chi connectivity index (χ3v) is 4.22. The first-order valence-electron chi connectivity index (χ1n) is 4.72. The van der Waals surface area contributed by atoms with Crippen molar-refractivity contribution < 1.29 is 9.66 Å². The third-order valence-electron chi connectivity index (χ3n) is 2.06. The fourth-order valence-electron chi connectivity index (χ4n) is 1.21. The molecule has 0 radical (unpaired) electrons. The van der Waals surface area contributed by atoms with Crippen LogP contribution in [0.15, 0.2) is 21.1 Å². The van der Waals surface area contributed by atoms with Gasteiger partial charge in [-0.25, -0.2) is 0 Å². The molecular formula is C9H4Br2ClN3O3S. The van der Waals surface area contributed by atoms with Gasteiger partial charge >= 0.3 is 0 Å². The van der Waals surface area contributed by atoms with Gasteiger partial charge < -0.3 is 4.74 Å². The predicted octanol–water partition coefficient (Wildman–Crippen LogP) is 4.20. The van der Waals surface area contributed by atoms with Crippen molar-refractivity contribution in [2.45, 2.75) is 6.61 Å². The summed E-state index contributed by atoms with van der Waals surface area (Å²) in [5.41, 5.74) is 0.475. The molecule has 1 aromatic heterocycles. The lowest BCUT2D eigenvalue weighted by Gasteiger charge is -2.08. The van der Waals surface area contributed by atoms with Crippen LogP contribution in [0.2, 0.25) is 4.34 Å². The molecule has 0 aliphatic rings. The predicted molar refractivity (Wildman–Crippen MR) is 77.7 cm³/mol. The molecule has 0 amide bonds. The van der Waals surface area contributed by atoms with Gasteiger partial charge in [0.25, 0.3) is 5.69 Å². The highest BCUT2D eigenvalue weighted by atomic mass is 79.9. The number of non-ortho nitro benzene ring substituents is 1. The van der Waals surface area contributed by atoms with E-state index >= 15 is 0 Å². The van der Waals surface area contributed by atoms with Crippen LogP contribution in [-0.2, 0) is 6.61 Å². The van der Waals surface area contributed by atoms with E-state index in [1.807, 2.05) is 0 Å². The lowest BCUT2D eigenvalue weighted by molar-refractivity contribution is -0.385. The van der Waals surface area contributed by atoms with E-state index in [2.05, 4.69) is 41.4 Å². The maximum atomic E-state index is 10.7. The van der Waals surface area contributed by atoms with Crippen molar-refractivity contribution in [2.75, 3.05) is 0 Å². The first-order valence-corrected chi connectivity index (χ1v) is 7.45. The molecule has 1 aromatic carbocycles. The Balaban J connectivity index is 2.21. The minimum absolute atomic E-state index is 0.0422. The van der Waals surface area contributed by atoms with Crippen molar-refractivity contribution in [2.24, 2.45) is 0 Å². The number of halogens is 3. The molecule has 6 nitrogen and oxygen atoms in total. The largest absolute Gasteiger partial charge is 0.485 e. The molecule has 0 fully saturated rings. The van der Waals surface area contributed by atoms with Crippen molar-refractivity contribution in [3.63, 3.8) is 0 Å². The number of hydrogen-bond acceptors (Lipinski definition) is 6. The molecule has 0 bridgehead atoms. The first-order chi connectivity index (χ1) is 8.99. The third kappa shape index (κ3) is 3.41. The number of ether oxygens (including phenoxy) is 1. The Labute approximate surface area is 133 Å². The van der Waals surface area contributed by atoms with Gasteiger partial charge in [0.05, 0.1) is 13.9 Å². The fourth-order valence-corrected chi connectivity index (χ4v) is 3.21. The molecule has 0 N–H and O–H groups in total. The summed E-state index contributed by atoms with van der Waals surface area (Å²) in [6.45, 7) is 0.129. The van der Waals surface area contributed by atoms with Crippen LogP contribution in [0.5, 0.6) is 5.75 Å².